The zero-order valence-corrected chi connectivity index (χ0v) is 16.5. The van der Waals surface area contributed by atoms with E-state index in [1.54, 1.807) is 36.7 Å². The van der Waals surface area contributed by atoms with E-state index in [0.29, 0.717) is 11.4 Å². The summed E-state index contributed by atoms with van der Waals surface area (Å²) in [6.45, 7) is 7.60. The molecule has 0 bridgehead atoms. The molecule has 0 saturated carbocycles. The second-order valence-corrected chi connectivity index (χ2v) is 8.50. The molecule has 0 spiro atoms. The van der Waals surface area contributed by atoms with Crippen LogP contribution in [0.2, 0.25) is 0 Å². The van der Waals surface area contributed by atoms with E-state index < -0.39 is 16.1 Å². The first-order valence-electron chi connectivity index (χ1n) is 8.61. The topological polar surface area (TPSA) is 98.0 Å². The largest absolute Gasteiger partial charge is 0.337 e. The third-order valence-corrected chi connectivity index (χ3v) is 5.80. The number of sulfonamides is 1. The van der Waals surface area contributed by atoms with Gasteiger partial charge in [-0.3, -0.25) is 4.98 Å². The number of aromatic nitrogens is 3. The van der Waals surface area contributed by atoms with Crippen molar-refractivity contribution in [1.29, 1.82) is 0 Å². The third kappa shape index (κ3) is 4.23. The Morgan fingerprint density at radius 2 is 1.89 bits per heavy atom. The summed E-state index contributed by atoms with van der Waals surface area (Å²) in [5, 5.41) is 3.96. The quantitative estimate of drug-likeness (QED) is 0.697. The third-order valence-electron chi connectivity index (χ3n) is 4.36. The van der Waals surface area contributed by atoms with Gasteiger partial charge in [-0.05, 0) is 55.2 Å². The maximum Gasteiger partial charge on any atom is 0.245 e. The number of rotatable bonds is 6. The Morgan fingerprint density at radius 3 is 2.52 bits per heavy atom. The lowest BCUT2D eigenvalue weighted by Crippen LogP contribution is -2.32. The fourth-order valence-electron chi connectivity index (χ4n) is 2.56. The van der Waals surface area contributed by atoms with Gasteiger partial charge in [0, 0.05) is 18.0 Å². The van der Waals surface area contributed by atoms with Gasteiger partial charge < -0.3 is 4.52 Å². The summed E-state index contributed by atoms with van der Waals surface area (Å²) < 4.78 is 33.7. The van der Waals surface area contributed by atoms with Crippen molar-refractivity contribution >= 4 is 10.0 Å². The van der Waals surface area contributed by atoms with Gasteiger partial charge in [-0.2, -0.15) is 9.71 Å². The number of hydrogen-bond acceptors (Lipinski definition) is 6. The van der Waals surface area contributed by atoms with Crippen LogP contribution in [0.25, 0.3) is 11.4 Å². The minimum absolute atomic E-state index is 0.0893. The molecule has 0 aliphatic rings. The fraction of sp³-hybridized carbons (Fsp3) is 0.316. The van der Waals surface area contributed by atoms with Crippen LogP contribution in [0.3, 0.4) is 0 Å². The van der Waals surface area contributed by atoms with E-state index in [-0.39, 0.29) is 16.7 Å². The van der Waals surface area contributed by atoms with Gasteiger partial charge in [-0.15, -0.1) is 0 Å². The van der Waals surface area contributed by atoms with Gasteiger partial charge in [0.15, 0.2) is 0 Å². The van der Waals surface area contributed by atoms with Crippen LogP contribution in [-0.4, -0.2) is 23.5 Å². The molecule has 1 atom stereocenters. The molecule has 0 unspecified atom stereocenters. The van der Waals surface area contributed by atoms with Gasteiger partial charge in [0.2, 0.25) is 21.7 Å². The highest BCUT2D eigenvalue weighted by Gasteiger charge is 2.29. The molecule has 0 aliphatic carbocycles. The van der Waals surface area contributed by atoms with Gasteiger partial charge >= 0.3 is 0 Å². The highest BCUT2D eigenvalue weighted by molar-refractivity contribution is 7.89. The van der Waals surface area contributed by atoms with Crippen LogP contribution in [0, 0.1) is 19.8 Å². The average Bonchev–Trinajstić information content (AvgIpc) is 3.12. The van der Waals surface area contributed by atoms with E-state index in [4.69, 9.17) is 4.52 Å². The van der Waals surface area contributed by atoms with Crippen LogP contribution < -0.4 is 4.72 Å². The first kappa shape index (κ1) is 19.2. The second kappa shape index (κ2) is 7.58. The minimum atomic E-state index is -3.74. The lowest BCUT2D eigenvalue weighted by Gasteiger charge is -2.19. The van der Waals surface area contributed by atoms with Gasteiger partial charge in [-0.25, -0.2) is 8.42 Å². The van der Waals surface area contributed by atoms with Gasteiger partial charge in [0.1, 0.15) is 6.04 Å². The van der Waals surface area contributed by atoms with Gasteiger partial charge in [0.05, 0.1) is 4.90 Å². The number of benzene rings is 1. The molecule has 0 amide bonds. The van der Waals surface area contributed by atoms with E-state index in [1.807, 2.05) is 33.8 Å². The van der Waals surface area contributed by atoms with Crippen LogP contribution in [0.5, 0.6) is 0 Å². The molecule has 8 heteroatoms. The molecular formula is C19H22N4O3S. The van der Waals surface area contributed by atoms with Crippen molar-refractivity contribution in [2.24, 2.45) is 5.92 Å². The Bertz CT molecular complexity index is 1030. The molecule has 1 aromatic carbocycles. The standard InChI is InChI=1S/C19H22N4O3S/c1-12(2)17(19-21-18(22-26-19)15-6-5-9-20-11-15)23-27(24,25)16-8-7-13(3)14(4)10-16/h5-12,17,23H,1-4H3/t17-/m1/s1. The second-order valence-electron chi connectivity index (χ2n) is 6.79. The zero-order chi connectivity index (χ0) is 19.6. The molecule has 0 fully saturated rings. The normalized spacial score (nSPS) is 13.1. The summed E-state index contributed by atoms with van der Waals surface area (Å²) in [5.74, 6) is 0.499. The van der Waals surface area contributed by atoms with Crippen molar-refractivity contribution < 1.29 is 12.9 Å². The first-order valence-corrected chi connectivity index (χ1v) is 10.1. The van der Waals surface area contributed by atoms with E-state index in [1.165, 1.54) is 0 Å². The zero-order valence-electron chi connectivity index (χ0n) is 15.7. The van der Waals surface area contributed by atoms with E-state index in [9.17, 15) is 8.42 Å². The smallest absolute Gasteiger partial charge is 0.245 e. The fourth-order valence-corrected chi connectivity index (χ4v) is 3.98. The number of hydrogen-bond donors (Lipinski definition) is 1. The molecule has 27 heavy (non-hydrogen) atoms. The Hall–Kier alpha value is -2.58. The summed E-state index contributed by atoms with van der Waals surface area (Å²) >= 11 is 0. The van der Waals surface area contributed by atoms with Crippen molar-refractivity contribution in [3.05, 3.63) is 59.7 Å². The van der Waals surface area contributed by atoms with Crippen molar-refractivity contribution in [2.45, 2.75) is 38.6 Å². The summed E-state index contributed by atoms with van der Waals surface area (Å²) in [7, 11) is -3.74. The molecule has 2 heterocycles. The summed E-state index contributed by atoms with van der Waals surface area (Å²) in [6.07, 6.45) is 3.28. The monoisotopic (exact) mass is 386 g/mol. The van der Waals surface area contributed by atoms with Crippen LogP contribution >= 0.6 is 0 Å². The lowest BCUT2D eigenvalue weighted by molar-refractivity contribution is 0.311. The van der Waals surface area contributed by atoms with E-state index in [0.717, 1.165) is 11.1 Å². The van der Waals surface area contributed by atoms with Gasteiger partial charge in [0.25, 0.3) is 0 Å². The predicted octanol–water partition coefficient (Wildman–Crippen LogP) is 3.42. The van der Waals surface area contributed by atoms with E-state index in [2.05, 4.69) is 19.8 Å². The summed E-state index contributed by atoms with van der Waals surface area (Å²) in [5.41, 5.74) is 2.65. The molecule has 7 nitrogen and oxygen atoms in total. The SMILES string of the molecule is Cc1ccc(S(=O)(=O)N[C@@H](c2nc(-c3cccnc3)no2)C(C)C)cc1C. The first-order chi connectivity index (χ1) is 12.8. The highest BCUT2D eigenvalue weighted by atomic mass is 32.2. The molecule has 0 aliphatic heterocycles. The molecule has 0 radical (unpaired) electrons. The minimum Gasteiger partial charge on any atom is -0.337 e. The van der Waals surface area contributed by atoms with Crippen LogP contribution in [-0.2, 0) is 10.0 Å². The Labute approximate surface area is 158 Å². The average molecular weight is 386 g/mol. The number of nitrogens with one attached hydrogen (secondary N) is 1. The maximum absolute atomic E-state index is 12.8. The molecule has 3 rings (SSSR count). The molecule has 142 valence electrons. The van der Waals surface area contributed by atoms with Crippen LogP contribution in [0.15, 0.2) is 52.1 Å². The number of aryl methyl sites for hydroxylation is 2. The van der Waals surface area contributed by atoms with Crippen molar-refractivity contribution in [3.63, 3.8) is 0 Å². The van der Waals surface area contributed by atoms with Crippen molar-refractivity contribution in [3.8, 4) is 11.4 Å². The molecular weight excluding hydrogens is 364 g/mol. The van der Waals surface area contributed by atoms with E-state index >= 15 is 0 Å². The van der Waals surface area contributed by atoms with Crippen molar-refractivity contribution in [1.82, 2.24) is 19.8 Å². The summed E-state index contributed by atoms with van der Waals surface area (Å²) in [4.78, 5) is 8.61. The summed E-state index contributed by atoms with van der Waals surface area (Å²) in [6, 6.07) is 7.98. The van der Waals surface area contributed by atoms with Crippen molar-refractivity contribution in [2.75, 3.05) is 0 Å². The van der Waals surface area contributed by atoms with Crippen LogP contribution in [0.1, 0.15) is 36.9 Å². The van der Waals surface area contributed by atoms with Gasteiger partial charge in [-0.1, -0.05) is 25.1 Å². The predicted molar refractivity (Wildman–Crippen MR) is 101 cm³/mol. The molecule has 0 saturated heterocycles. The number of nitrogens with zero attached hydrogens (tertiary/aromatic N) is 3. The highest BCUT2D eigenvalue weighted by Crippen LogP contribution is 2.26. The Morgan fingerprint density at radius 1 is 1.11 bits per heavy atom. The maximum atomic E-state index is 12.8. The van der Waals surface area contributed by atoms with Crippen LogP contribution in [0.4, 0.5) is 0 Å². The molecule has 2 aromatic heterocycles. The molecule has 1 N–H and O–H groups in total. The Kier molecular flexibility index (Phi) is 5.38. The lowest BCUT2D eigenvalue weighted by atomic mass is 10.1. The Balaban J connectivity index is 1.90. The molecule has 3 aromatic rings. The number of pyridine rings is 1.